The van der Waals surface area contributed by atoms with Crippen molar-refractivity contribution in [3.8, 4) is 11.5 Å². The number of aliphatic carboxylic acids is 1. The fourth-order valence-corrected chi connectivity index (χ4v) is 3.81. The molecule has 3 rings (SSSR count). The van der Waals surface area contributed by atoms with E-state index in [9.17, 15) is 9.59 Å². The molecule has 27 heavy (non-hydrogen) atoms. The van der Waals surface area contributed by atoms with E-state index in [1.54, 1.807) is 0 Å². The number of carboxylic acid groups (broad SMARTS) is 1. The van der Waals surface area contributed by atoms with Crippen molar-refractivity contribution in [3.63, 3.8) is 0 Å². The maximum Gasteiger partial charge on any atom is 0.315 e. The average molecular weight is 376 g/mol. The van der Waals surface area contributed by atoms with Crippen molar-refractivity contribution < 1.29 is 24.2 Å². The normalized spacial score (nSPS) is 23.9. The molecule has 1 saturated carbocycles. The van der Waals surface area contributed by atoms with Gasteiger partial charge in [-0.3, -0.25) is 4.79 Å². The first-order valence-electron chi connectivity index (χ1n) is 9.68. The van der Waals surface area contributed by atoms with Crippen LogP contribution in [0.4, 0.5) is 4.79 Å². The van der Waals surface area contributed by atoms with Crippen LogP contribution in [0.2, 0.25) is 0 Å². The molecule has 0 spiro atoms. The van der Waals surface area contributed by atoms with Crippen molar-refractivity contribution in [1.82, 2.24) is 10.6 Å². The van der Waals surface area contributed by atoms with E-state index in [1.807, 2.05) is 26.0 Å². The van der Waals surface area contributed by atoms with Gasteiger partial charge in [-0.1, -0.05) is 0 Å². The number of carbonyl (C=O) groups is 2. The first kappa shape index (κ1) is 19.3. The van der Waals surface area contributed by atoms with Gasteiger partial charge in [0.1, 0.15) is 17.6 Å². The molecule has 1 aliphatic carbocycles. The maximum atomic E-state index is 12.2. The molecule has 0 radical (unpaired) electrons. The predicted molar refractivity (Wildman–Crippen MR) is 100 cm³/mol. The van der Waals surface area contributed by atoms with E-state index in [0.717, 1.165) is 29.0 Å². The predicted octanol–water partition coefficient (Wildman–Crippen LogP) is 2.85. The lowest BCUT2D eigenvalue weighted by Gasteiger charge is -2.26. The third-order valence-electron chi connectivity index (χ3n) is 5.23. The summed E-state index contributed by atoms with van der Waals surface area (Å²) in [6.07, 6.45) is 3.62. The molecule has 3 N–H and O–H groups in total. The fraction of sp³-hybridized carbons (Fsp3) is 0.600. The van der Waals surface area contributed by atoms with Gasteiger partial charge in [-0.2, -0.15) is 0 Å². The second-order valence-electron chi connectivity index (χ2n) is 7.35. The minimum Gasteiger partial charge on any atom is -0.494 e. The van der Waals surface area contributed by atoms with Crippen LogP contribution in [-0.2, 0) is 17.8 Å². The zero-order valence-electron chi connectivity index (χ0n) is 15.9. The molecular formula is C20H28N2O5. The Morgan fingerprint density at radius 3 is 2.67 bits per heavy atom. The van der Waals surface area contributed by atoms with Crippen LogP contribution in [0.25, 0.3) is 0 Å². The summed E-state index contributed by atoms with van der Waals surface area (Å²) in [5, 5.41) is 14.9. The Hall–Kier alpha value is -2.44. The van der Waals surface area contributed by atoms with Gasteiger partial charge in [-0.15, -0.1) is 0 Å². The van der Waals surface area contributed by atoms with Crippen LogP contribution in [0.15, 0.2) is 12.1 Å². The van der Waals surface area contributed by atoms with Gasteiger partial charge in [-0.25, -0.2) is 4.79 Å². The average Bonchev–Trinajstić information content (AvgIpc) is 2.99. The van der Waals surface area contributed by atoms with Crippen LogP contribution in [0, 0.1) is 5.92 Å². The van der Waals surface area contributed by atoms with Crippen molar-refractivity contribution in [2.24, 2.45) is 5.92 Å². The summed E-state index contributed by atoms with van der Waals surface area (Å²) in [5.41, 5.74) is 2.02. The number of benzene rings is 1. The molecule has 0 saturated heterocycles. The summed E-state index contributed by atoms with van der Waals surface area (Å²) in [6.45, 7) is 4.87. The highest BCUT2D eigenvalue weighted by molar-refractivity contribution is 5.74. The van der Waals surface area contributed by atoms with Crippen molar-refractivity contribution in [1.29, 1.82) is 0 Å². The lowest BCUT2D eigenvalue weighted by Crippen LogP contribution is -2.43. The van der Waals surface area contributed by atoms with Crippen LogP contribution in [0.1, 0.15) is 50.7 Å². The standard InChI is InChI=1S/C20H28N2O5/c1-3-26-17-9-14-8-12(2)27-18(14)10-15(17)11-21-20(25)22-16-6-4-13(5-7-16)19(23)24/h9-10,12-13,16H,3-8,11H2,1-2H3,(H,23,24)(H2,21,22,25). The zero-order chi connectivity index (χ0) is 19.4. The molecule has 1 unspecified atom stereocenters. The molecule has 0 bridgehead atoms. The summed E-state index contributed by atoms with van der Waals surface area (Å²) in [4.78, 5) is 23.3. The number of urea groups is 1. The zero-order valence-corrected chi connectivity index (χ0v) is 15.9. The number of rotatable bonds is 6. The van der Waals surface area contributed by atoms with Gasteiger partial charge in [0.15, 0.2) is 0 Å². The van der Waals surface area contributed by atoms with E-state index in [1.165, 1.54) is 0 Å². The second kappa shape index (κ2) is 8.50. The summed E-state index contributed by atoms with van der Waals surface area (Å²) >= 11 is 0. The molecule has 7 heteroatoms. The van der Waals surface area contributed by atoms with Gasteiger partial charge in [0.25, 0.3) is 0 Å². The molecule has 1 aromatic carbocycles. The third kappa shape index (κ3) is 4.84. The minimum absolute atomic E-state index is 0.0242. The van der Waals surface area contributed by atoms with Gasteiger partial charge < -0.3 is 25.2 Å². The molecule has 2 amide bonds. The monoisotopic (exact) mass is 376 g/mol. The van der Waals surface area contributed by atoms with Crippen molar-refractivity contribution >= 4 is 12.0 Å². The molecule has 1 fully saturated rings. The quantitative estimate of drug-likeness (QED) is 0.709. The van der Waals surface area contributed by atoms with E-state index in [0.29, 0.717) is 38.8 Å². The highest BCUT2D eigenvalue weighted by Crippen LogP contribution is 2.35. The summed E-state index contributed by atoms with van der Waals surface area (Å²) in [5.74, 6) is 0.606. The van der Waals surface area contributed by atoms with Gasteiger partial charge in [-0.05, 0) is 51.7 Å². The molecule has 1 heterocycles. The van der Waals surface area contributed by atoms with E-state index < -0.39 is 5.97 Å². The van der Waals surface area contributed by atoms with Crippen LogP contribution in [0.5, 0.6) is 11.5 Å². The Bertz CT molecular complexity index is 698. The number of carboxylic acids is 1. The van der Waals surface area contributed by atoms with E-state index in [-0.39, 0.29) is 24.1 Å². The summed E-state index contributed by atoms with van der Waals surface area (Å²) in [7, 11) is 0. The molecule has 1 atom stereocenters. The number of nitrogens with one attached hydrogen (secondary N) is 2. The Morgan fingerprint density at radius 1 is 1.26 bits per heavy atom. The largest absolute Gasteiger partial charge is 0.494 e. The Labute approximate surface area is 159 Å². The van der Waals surface area contributed by atoms with Gasteiger partial charge in [0.05, 0.1) is 12.5 Å². The number of hydrogen-bond donors (Lipinski definition) is 3. The minimum atomic E-state index is -0.741. The lowest BCUT2D eigenvalue weighted by molar-refractivity contribution is -0.142. The Morgan fingerprint density at radius 2 is 2.00 bits per heavy atom. The van der Waals surface area contributed by atoms with Crippen molar-refractivity contribution in [2.45, 2.75) is 64.6 Å². The summed E-state index contributed by atoms with van der Waals surface area (Å²) in [6, 6.07) is 3.73. The Balaban J connectivity index is 1.54. The smallest absolute Gasteiger partial charge is 0.315 e. The molecule has 0 aromatic heterocycles. The van der Waals surface area contributed by atoms with Crippen LogP contribution >= 0.6 is 0 Å². The molecular weight excluding hydrogens is 348 g/mol. The molecule has 2 aliphatic rings. The fourth-order valence-electron chi connectivity index (χ4n) is 3.81. The van der Waals surface area contributed by atoms with Gasteiger partial charge >= 0.3 is 12.0 Å². The molecule has 7 nitrogen and oxygen atoms in total. The van der Waals surface area contributed by atoms with Crippen LogP contribution < -0.4 is 20.1 Å². The maximum absolute atomic E-state index is 12.2. The summed E-state index contributed by atoms with van der Waals surface area (Å²) < 4.78 is 11.5. The lowest BCUT2D eigenvalue weighted by atomic mass is 9.86. The first-order valence-corrected chi connectivity index (χ1v) is 9.68. The number of carbonyl (C=O) groups excluding carboxylic acids is 1. The molecule has 148 valence electrons. The Kier molecular flexibility index (Phi) is 6.08. The SMILES string of the molecule is CCOc1cc2c(cc1CNC(=O)NC1CCC(C(=O)O)CC1)OC(C)C2. The highest BCUT2D eigenvalue weighted by atomic mass is 16.5. The van der Waals surface area contributed by atoms with E-state index in [2.05, 4.69) is 10.6 Å². The number of fused-ring (bicyclic) bond motifs is 1. The molecule has 1 aromatic rings. The number of amides is 2. The number of ether oxygens (including phenoxy) is 2. The topological polar surface area (TPSA) is 96.9 Å². The van der Waals surface area contributed by atoms with E-state index in [4.69, 9.17) is 14.6 Å². The van der Waals surface area contributed by atoms with Crippen LogP contribution in [0.3, 0.4) is 0 Å². The third-order valence-corrected chi connectivity index (χ3v) is 5.23. The number of hydrogen-bond acceptors (Lipinski definition) is 4. The van der Waals surface area contributed by atoms with Gasteiger partial charge in [0.2, 0.25) is 0 Å². The van der Waals surface area contributed by atoms with E-state index >= 15 is 0 Å². The van der Waals surface area contributed by atoms with Gasteiger partial charge in [0, 0.05) is 30.1 Å². The van der Waals surface area contributed by atoms with Crippen molar-refractivity contribution in [2.75, 3.05) is 6.61 Å². The highest BCUT2D eigenvalue weighted by Gasteiger charge is 2.27. The van der Waals surface area contributed by atoms with Crippen molar-refractivity contribution in [3.05, 3.63) is 23.3 Å². The van der Waals surface area contributed by atoms with Crippen LogP contribution in [-0.4, -0.2) is 35.9 Å². The first-order chi connectivity index (χ1) is 13.0. The molecule has 1 aliphatic heterocycles. The second-order valence-corrected chi connectivity index (χ2v) is 7.35.